The van der Waals surface area contributed by atoms with Gasteiger partial charge in [-0.15, -0.1) is 11.3 Å². The van der Waals surface area contributed by atoms with Gasteiger partial charge in [0.1, 0.15) is 9.90 Å². The first-order valence-electron chi connectivity index (χ1n) is 6.58. The van der Waals surface area contributed by atoms with E-state index in [1.54, 1.807) is 24.7 Å². The Morgan fingerprint density at radius 3 is 2.81 bits per heavy atom. The summed E-state index contributed by atoms with van der Waals surface area (Å²) in [6.45, 7) is 4.80. The Kier molecular flexibility index (Phi) is 5.09. The molecule has 0 amide bonds. The van der Waals surface area contributed by atoms with Gasteiger partial charge in [0.25, 0.3) is 0 Å². The van der Waals surface area contributed by atoms with Crippen molar-refractivity contribution in [2.45, 2.75) is 38.3 Å². The Hall–Kier alpha value is -1.29. The minimum Gasteiger partial charge on any atom is -0.330 e. The first-order chi connectivity index (χ1) is 9.95. The molecule has 0 aliphatic rings. The van der Waals surface area contributed by atoms with Crippen molar-refractivity contribution in [2.24, 2.45) is 5.73 Å². The van der Waals surface area contributed by atoms with Gasteiger partial charge in [0.05, 0.1) is 17.9 Å². The smallest absolute Gasteiger partial charge is 0.244 e. The molecule has 9 heteroatoms. The van der Waals surface area contributed by atoms with Crippen LogP contribution in [0.3, 0.4) is 0 Å². The average molecular weight is 329 g/mol. The summed E-state index contributed by atoms with van der Waals surface area (Å²) in [6, 6.07) is 0. The van der Waals surface area contributed by atoms with Crippen LogP contribution in [-0.4, -0.2) is 29.7 Å². The number of aromatic nitrogens is 3. The highest BCUT2D eigenvalue weighted by Crippen LogP contribution is 2.20. The molecule has 0 saturated heterocycles. The monoisotopic (exact) mass is 329 g/mol. The molecule has 0 aromatic carbocycles. The summed E-state index contributed by atoms with van der Waals surface area (Å²) in [5.41, 5.74) is 6.61. The molecule has 0 aliphatic carbocycles. The van der Waals surface area contributed by atoms with Crippen LogP contribution in [0.25, 0.3) is 0 Å². The first-order valence-corrected chi connectivity index (χ1v) is 8.94. The van der Waals surface area contributed by atoms with Crippen LogP contribution in [-0.2, 0) is 23.1 Å². The van der Waals surface area contributed by atoms with Crippen molar-refractivity contribution in [1.82, 2.24) is 19.5 Å². The maximum atomic E-state index is 12.4. The van der Waals surface area contributed by atoms with Crippen molar-refractivity contribution in [2.75, 3.05) is 6.54 Å². The van der Waals surface area contributed by atoms with Gasteiger partial charge in [-0.2, -0.15) is 5.10 Å². The number of hydrogen-bond acceptors (Lipinski definition) is 6. The molecule has 21 heavy (non-hydrogen) atoms. The Bertz CT molecular complexity index is 692. The Balaban J connectivity index is 2.21. The van der Waals surface area contributed by atoms with Crippen molar-refractivity contribution in [1.29, 1.82) is 0 Å². The number of nitrogens with zero attached hydrogens (tertiary/aromatic N) is 3. The summed E-state index contributed by atoms with van der Waals surface area (Å²) in [6.07, 6.45) is 2.41. The Morgan fingerprint density at radius 1 is 1.43 bits per heavy atom. The lowest BCUT2D eigenvalue weighted by atomic mass is 10.4. The molecule has 3 N–H and O–H groups in total. The second-order valence-electron chi connectivity index (χ2n) is 4.62. The van der Waals surface area contributed by atoms with E-state index in [1.807, 2.05) is 5.38 Å². The van der Waals surface area contributed by atoms with E-state index in [9.17, 15) is 8.42 Å². The summed E-state index contributed by atoms with van der Waals surface area (Å²) in [4.78, 5) is 4.31. The zero-order chi connectivity index (χ0) is 15.5. The normalized spacial score (nSPS) is 12.0. The van der Waals surface area contributed by atoms with Crippen molar-refractivity contribution < 1.29 is 8.42 Å². The third-order valence-electron chi connectivity index (χ3n) is 3.05. The van der Waals surface area contributed by atoms with E-state index in [-0.39, 0.29) is 11.4 Å². The lowest BCUT2D eigenvalue weighted by Gasteiger charge is -2.06. The van der Waals surface area contributed by atoms with Crippen molar-refractivity contribution >= 4 is 21.4 Å². The van der Waals surface area contributed by atoms with Gasteiger partial charge in [0.15, 0.2) is 0 Å². The molecule has 2 heterocycles. The van der Waals surface area contributed by atoms with E-state index in [0.717, 1.165) is 11.4 Å². The van der Waals surface area contributed by atoms with Crippen molar-refractivity contribution in [3.8, 4) is 0 Å². The fourth-order valence-corrected chi connectivity index (χ4v) is 4.14. The first kappa shape index (κ1) is 16.1. The minimum atomic E-state index is -3.60. The highest BCUT2D eigenvalue weighted by atomic mass is 32.2. The minimum absolute atomic E-state index is 0.187. The van der Waals surface area contributed by atoms with Crippen LogP contribution < -0.4 is 10.5 Å². The predicted molar refractivity (Wildman–Crippen MR) is 81.5 cm³/mol. The zero-order valence-corrected chi connectivity index (χ0v) is 13.7. The fraction of sp³-hybridized carbons (Fsp3) is 0.500. The van der Waals surface area contributed by atoms with E-state index in [0.29, 0.717) is 24.5 Å². The van der Waals surface area contributed by atoms with Crippen molar-refractivity contribution in [3.05, 3.63) is 28.0 Å². The second-order valence-corrected chi connectivity index (χ2v) is 7.30. The standard InChI is InChI=1S/C12H19N5O2S2/c1-9-12(10(2)17(16-9)6-3-4-13)21(18,19)15-8-11-14-5-7-20-11/h5,7,15H,3-4,6,8,13H2,1-2H3. The van der Waals surface area contributed by atoms with Crippen LogP contribution in [0.5, 0.6) is 0 Å². The fourth-order valence-electron chi connectivity index (χ4n) is 2.10. The number of hydrogen-bond donors (Lipinski definition) is 2. The van der Waals surface area contributed by atoms with Crippen LogP contribution in [0.1, 0.15) is 22.8 Å². The molecule has 0 fully saturated rings. The van der Waals surface area contributed by atoms with Crippen molar-refractivity contribution in [3.63, 3.8) is 0 Å². The molecule has 116 valence electrons. The van der Waals surface area contributed by atoms with Gasteiger partial charge in [0.2, 0.25) is 10.0 Å². The summed E-state index contributed by atoms with van der Waals surface area (Å²) >= 11 is 1.41. The lowest BCUT2D eigenvalue weighted by Crippen LogP contribution is -2.24. The molecular formula is C12H19N5O2S2. The SMILES string of the molecule is Cc1nn(CCCN)c(C)c1S(=O)(=O)NCc1nccs1. The molecular weight excluding hydrogens is 310 g/mol. The van der Waals surface area contributed by atoms with Crippen LogP contribution in [0.4, 0.5) is 0 Å². The number of rotatable bonds is 7. The summed E-state index contributed by atoms with van der Waals surface area (Å²) in [5, 5.41) is 6.82. The molecule has 0 aliphatic heterocycles. The molecule has 0 unspecified atom stereocenters. The van der Waals surface area contributed by atoms with Gasteiger partial charge in [-0.3, -0.25) is 4.68 Å². The molecule has 0 atom stereocenters. The average Bonchev–Trinajstić information content (AvgIpc) is 3.03. The number of nitrogens with two attached hydrogens (primary N) is 1. The number of thiazole rings is 1. The highest BCUT2D eigenvalue weighted by molar-refractivity contribution is 7.89. The van der Waals surface area contributed by atoms with Gasteiger partial charge in [-0.25, -0.2) is 18.1 Å². The van der Waals surface area contributed by atoms with Gasteiger partial charge in [-0.05, 0) is 26.8 Å². The number of aryl methyl sites for hydroxylation is 2. The lowest BCUT2D eigenvalue weighted by molar-refractivity contribution is 0.563. The number of sulfonamides is 1. The van der Waals surface area contributed by atoms with Crippen LogP contribution in [0.2, 0.25) is 0 Å². The van der Waals surface area contributed by atoms with Gasteiger partial charge in [0, 0.05) is 18.1 Å². The largest absolute Gasteiger partial charge is 0.330 e. The summed E-state index contributed by atoms with van der Waals surface area (Å²) in [7, 11) is -3.60. The summed E-state index contributed by atoms with van der Waals surface area (Å²) < 4.78 is 29.2. The van der Waals surface area contributed by atoms with E-state index in [4.69, 9.17) is 5.73 Å². The molecule has 0 spiro atoms. The van der Waals surface area contributed by atoms with Gasteiger partial charge < -0.3 is 5.73 Å². The predicted octanol–water partition coefficient (Wildman–Crippen LogP) is 0.784. The van der Waals surface area contributed by atoms with E-state index >= 15 is 0 Å². The summed E-state index contributed by atoms with van der Waals surface area (Å²) in [5.74, 6) is 0. The maximum Gasteiger partial charge on any atom is 0.244 e. The Morgan fingerprint density at radius 2 is 2.19 bits per heavy atom. The van der Waals surface area contributed by atoms with E-state index in [1.165, 1.54) is 11.3 Å². The maximum absolute atomic E-state index is 12.4. The number of nitrogens with one attached hydrogen (secondary N) is 1. The highest BCUT2D eigenvalue weighted by Gasteiger charge is 2.24. The van der Waals surface area contributed by atoms with E-state index in [2.05, 4.69) is 14.8 Å². The zero-order valence-electron chi connectivity index (χ0n) is 12.0. The molecule has 0 radical (unpaired) electrons. The van der Waals surface area contributed by atoms with Gasteiger partial charge >= 0.3 is 0 Å². The van der Waals surface area contributed by atoms with E-state index < -0.39 is 10.0 Å². The van der Waals surface area contributed by atoms with Crippen LogP contribution in [0, 0.1) is 13.8 Å². The molecule has 0 bridgehead atoms. The van der Waals surface area contributed by atoms with Crippen LogP contribution >= 0.6 is 11.3 Å². The molecule has 0 saturated carbocycles. The molecule has 2 aromatic heterocycles. The third kappa shape index (κ3) is 3.67. The molecule has 2 rings (SSSR count). The molecule has 2 aromatic rings. The topological polar surface area (TPSA) is 103 Å². The second kappa shape index (κ2) is 6.65. The Labute approximate surface area is 128 Å². The van der Waals surface area contributed by atoms with Gasteiger partial charge in [-0.1, -0.05) is 0 Å². The molecule has 7 nitrogen and oxygen atoms in total. The van der Waals surface area contributed by atoms with Crippen LogP contribution in [0.15, 0.2) is 16.5 Å². The third-order valence-corrected chi connectivity index (χ3v) is 5.49. The quantitative estimate of drug-likeness (QED) is 0.781.